The second-order valence-electron chi connectivity index (χ2n) is 6.75. The van der Waals surface area contributed by atoms with Gasteiger partial charge in [-0.1, -0.05) is 42.0 Å². The molecule has 1 heterocycles. The number of β-amino-alcohol motifs (C(OH)–C–C–N with tert-alkyl or cyclic N) is 1. The van der Waals surface area contributed by atoms with Gasteiger partial charge in [-0.2, -0.15) is 0 Å². The molecule has 3 nitrogen and oxygen atoms in total. The molecule has 0 radical (unpaired) electrons. The predicted octanol–water partition coefficient (Wildman–Crippen LogP) is 3.37. The number of piperidine rings is 1. The van der Waals surface area contributed by atoms with E-state index in [1.54, 1.807) is 0 Å². The van der Waals surface area contributed by atoms with Gasteiger partial charge in [0.05, 0.1) is 6.61 Å². The third-order valence-electron chi connectivity index (χ3n) is 5.02. The van der Waals surface area contributed by atoms with Crippen LogP contribution in [0.3, 0.4) is 0 Å². The third-order valence-corrected chi connectivity index (χ3v) is 5.02. The molecule has 1 aromatic carbocycles. The van der Waals surface area contributed by atoms with Crippen molar-refractivity contribution in [1.29, 1.82) is 0 Å². The number of aliphatic hydroxyl groups excluding tert-OH is 1. The quantitative estimate of drug-likeness (QED) is 0.803. The van der Waals surface area contributed by atoms with Crippen LogP contribution in [0.15, 0.2) is 35.9 Å². The summed E-state index contributed by atoms with van der Waals surface area (Å²) in [7, 11) is 0. The summed E-state index contributed by atoms with van der Waals surface area (Å²) in [5.41, 5.74) is 2.81. The molecule has 0 bridgehead atoms. The first kappa shape index (κ1) is 21.5. The van der Waals surface area contributed by atoms with E-state index in [0.717, 1.165) is 25.6 Å². The summed E-state index contributed by atoms with van der Waals surface area (Å²) in [6.07, 6.45) is 6.04. The van der Waals surface area contributed by atoms with Crippen molar-refractivity contribution in [3.05, 3.63) is 41.5 Å². The molecular weight excluding hydrogens is 343 g/mol. The molecule has 2 aliphatic rings. The van der Waals surface area contributed by atoms with Crippen LogP contribution in [0.5, 0.6) is 0 Å². The predicted molar refractivity (Wildman–Crippen MR) is 106 cm³/mol. The zero-order valence-electron chi connectivity index (χ0n) is 14.4. The highest BCUT2D eigenvalue weighted by Gasteiger charge is 2.39. The zero-order chi connectivity index (χ0) is 15.4. The molecule has 1 aliphatic carbocycles. The average Bonchev–Trinajstić information content (AvgIpc) is 3.30. The monoisotopic (exact) mass is 372 g/mol. The van der Waals surface area contributed by atoms with Gasteiger partial charge in [-0.3, -0.25) is 0 Å². The maximum absolute atomic E-state index is 8.99. The number of halogens is 2. The van der Waals surface area contributed by atoms with Crippen molar-refractivity contribution < 1.29 is 5.11 Å². The summed E-state index contributed by atoms with van der Waals surface area (Å²) in [4.78, 5) is 2.36. The Kier molecular flexibility index (Phi) is 9.32. The van der Waals surface area contributed by atoms with Gasteiger partial charge in [0.1, 0.15) is 0 Å². The van der Waals surface area contributed by atoms with Crippen molar-refractivity contribution in [2.75, 3.05) is 26.2 Å². The van der Waals surface area contributed by atoms with Gasteiger partial charge < -0.3 is 15.3 Å². The lowest BCUT2D eigenvalue weighted by Crippen LogP contribution is -2.44. The molecule has 0 amide bonds. The Balaban J connectivity index is 0.00000144. The van der Waals surface area contributed by atoms with E-state index in [0.29, 0.717) is 12.1 Å². The van der Waals surface area contributed by atoms with Crippen molar-refractivity contribution in [3.8, 4) is 0 Å². The van der Waals surface area contributed by atoms with Crippen LogP contribution in [-0.2, 0) is 0 Å². The Morgan fingerprint density at radius 3 is 2.50 bits per heavy atom. The topological polar surface area (TPSA) is 35.5 Å². The van der Waals surface area contributed by atoms with E-state index >= 15 is 0 Å². The van der Waals surface area contributed by atoms with Crippen LogP contribution in [-0.4, -0.2) is 48.3 Å². The van der Waals surface area contributed by atoms with Gasteiger partial charge in [-0.25, -0.2) is 0 Å². The molecule has 2 unspecified atom stereocenters. The molecule has 0 spiro atoms. The molecule has 0 aromatic heterocycles. The molecule has 136 valence electrons. The molecule has 1 aliphatic heterocycles. The molecule has 3 rings (SSSR count). The third kappa shape index (κ3) is 6.05. The second-order valence-corrected chi connectivity index (χ2v) is 6.75. The SMILES string of the molecule is C/C(=C\c1ccccc1)C1CC1NC1CCN(CCO)CC1.Cl.Cl. The fraction of sp³-hybridized carbons (Fsp3) is 0.579. The van der Waals surface area contributed by atoms with Gasteiger partial charge in [-0.15, -0.1) is 24.8 Å². The van der Waals surface area contributed by atoms with Crippen LogP contribution in [0.25, 0.3) is 6.08 Å². The molecule has 1 saturated carbocycles. The number of hydrogen-bond acceptors (Lipinski definition) is 3. The molecule has 2 atom stereocenters. The van der Waals surface area contributed by atoms with E-state index in [4.69, 9.17) is 5.11 Å². The molecule has 24 heavy (non-hydrogen) atoms. The highest BCUT2D eigenvalue weighted by Crippen LogP contribution is 2.38. The smallest absolute Gasteiger partial charge is 0.0558 e. The highest BCUT2D eigenvalue weighted by atomic mass is 35.5. The van der Waals surface area contributed by atoms with E-state index < -0.39 is 0 Å². The Morgan fingerprint density at radius 1 is 1.21 bits per heavy atom. The van der Waals surface area contributed by atoms with Gasteiger partial charge in [-0.05, 0) is 50.8 Å². The summed E-state index contributed by atoms with van der Waals surface area (Å²) >= 11 is 0. The number of benzene rings is 1. The van der Waals surface area contributed by atoms with Crippen molar-refractivity contribution >= 4 is 30.9 Å². The Labute approximate surface area is 158 Å². The highest BCUT2D eigenvalue weighted by molar-refractivity contribution is 5.85. The minimum atomic E-state index is 0. The minimum absolute atomic E-state index is 0. The molecular formula is C19H30Cl2N2O. The average molecular weight is 373 g/mol. The first-order valence-electron chi connectivity index (χ1n) is 8.59. The number of aliphatic hydroxyl groups is 1. The largest absolute Gasteiger partial charge is 0.395 e. The van der Waals surface area contributed by atoms with Crippen LogP contribution < -0.4 is 5.32 Å². The van der Waals surface area contributed by atoms with Crippen molar-refractivity contribution in [2.24, 2.45) is 5.92 Å². The van der Waals surface area contributed by atoms with Crippen LogP contribution in [0.1, 0.15) is 31.7 Å². The lowest BCUT2D eigenvalue weighted by atomic mass is 10.0. The van der Waals surface area contributed by atoms with E-state index in [-0.39, 0.29) is 31.4 Å². The van der Waals surface area contributed by atoms with E-state index in [1.165, 1.54) is 30.4 Å². The number of rotatable bonds is 6. The molecule has 5 heteroatoms. The standard InChI is InChI=1S/C19H28N2O.2ClH/c1-15(13-16-5-3-2-4-6-16)18-14-19(18)20-17-7-9-21(10-8-17)11-12-22;;/h2-6,13,17-20,22H,7-12,14H2,1H3;2*1H/b15-13+;;. The maximum Gasteiger partial charge on any atom is 0.0558 e. The van der Waals surface area contributed by atoms with Gasteiger partial charge in [0.15, 0.2) is 0 Å². The van der Waals surface area contributed by atoms with Gasteiger partial charge in [0.2, 0.25) is 0 Å². The van der Waals surface area contributed by atoms with Crippen LogP contribution in [0.2, 0.25) is 0 Å². The van der Waals surface area contributed by atoms with Crippen molar-refractivity contribution in [2.45, 2.75) is 38.3 Å². The van der Waals surface area contributed by atoms with E-state index in [9.17, 15) is 0 Å². The maximum atomic E-state index is 8.99. The molecule has 1 aromatic rings. The minimum Gasteiger partial charge on any atom is -0.395 e. The zero-order valence-corrected chi connectivity index (χ0v) is 16.0. The Morgan fingerprint density at radius 2 is 1.88 bits per heavy atom. The van der Waals surface area contributed by atoms with E-state index in [1.807, 2.05) is 0 Å². The molecule has 2 fully saturated rings. The van der Waals surface area contributed by atoms with Crippen molar-refractivity contribution in [1.82, 2.24) is 10.2 Å². The van der Waals surface area contributed by atoms with Gasteiger partial charge >= 0.3 is 0 Å². The van der Waals surface area contributed by atoms with Crippen LogP contribution >= 0.6 is 24.8 Å². The van der Waals surface area contributed by atoms with Crippen molar-refractivity contribution in [3.63, 3.8) is 0 Å². The van der Waals surface area contributed by atoms with Gasteiger partial charge in [0, 0.05) is 18.6 Å². The lowest BCUT2D eigenvalue weighted by Gasteiger charge is -2.32. The summed E-state index contributed by atoms with van der Waals surface area (Å²) in [6, 6.07) is 11.9. The Bertz CT molecular complexity index is 501. The number of nitrogens with one attached hydrogen (secondary N) is 1. The van der Waals surface area contributed by atoms with Crippen LogP contribution in [0.4, 0.5) is 0 Å². The molecule has 2 N–H and O–H groups in total. The summed E-state index contributed by atoms with van der Waals surface area (Å²) < 4.78 is 0. The number of likely N-dealkylation sites (tertiary alicyclic amines) is 1. The second kappa shape index (κ2) is 10.4. The number of hydrogen-bond donors (Lipinski definition) is 2. The summed E-state index contributed by atoms with van der Waals surface area (Å²) in [6.45, 7) is 5.62. The lowest BCUT2D eigenvalue weighted by molar-refractivity contribution is 0.156. The van der Waals surface area contributed by atoms with Crippen LogP contribution in [0, 0.1) is 5.92 Å². The number of nitrogens with zero attached hydrogens (tertiary/aromatic N) is 1. The first-order chi connectivity index (χ1) is 10.8. The normalized spacial score (nSPS) is 24.8. The fourth-order valence-corrected chi connectivity index (χ4v) is 3.57. The summed E-state index contributed by atoms with van der Waals surface area (Å²) in [5.74, 6) is 0.718. The summed E-state index contributed by atoms with van der Waals surface area (Å²) in [5, 5.41) is 12.8. The Hall–Kier alpha value is -0.580. The van der Waals surface area contributed by atoms with E-state index in [2.05, 4.69) is 53.5 Å². The van der Waals surface area contributed by atoms with Gasteiger partial charge in [0.25, 0.3) is 0 Å². The fourth-order valence-electron chi connectivity index (χ4n) is 3.57. The molecule has 1 saturated heterocycles. The first-order valence-corrected chi connectivity index (χ1v) is 8.59.